The van der Waals surface area contributed by atoms with Crippen LogP contribution in [0.15, 0.2) is 133 Å². The van der Waals surface area contributed by atoms with E-state index in [2.05, 4.69) is 142 Å². The summed E-state index contributed by atoms with van der Waals surface area (Å²) >= 11 is 4.96. The molecule has 1 atom stereocenters. The first-order chi connectivity index (χ1) is 14.8. The Hall–Kier alpha value is -2.77. The summed E-state index contributed by atoms with van der Waals surface area (Å²) in [5.41, 5.74) is 4.49. The van der Waals surface area contributed by atoms with E-state index in [1.807, 2.05) is 0 Å². The van der Waals surface area contributed by atoms with Crippen LogP contribution in [0.5, 0.6) is 0 Å². The SMILES string of the molecule is CC1(C)C=CC=C(C(C2=CC(C)(S)C=CC=C2)(c2ccccc2)c2ccccc2)C=C1. The molecule has 2 aromatic carbocycles. The van der Waals surface area contributed by atoms with Crippen molar-refractivity contribution in [2.45, 2.75) is 30.9 Å². The molecule has 0 saturated heterocycles. The van der Waals surface area contributed by atoms with E-state index in [4.69, 9.17) is 12.6 Å². The van der Waals surface area contributed by atoms with Crippen molar-refractivity contribution in [2.75, 3.05) is 0 Å². The first-order valence-corrected chi connectivity index (χ1v) is 11.3. The number of rotatable bonds is 4. The van der Waals surface area contributed by atoms with Gasteiger partial charge in [0.1, 0.15) is 0 Å². The average Bonchev–Trinajstić information content (AvgIpc) is 3.05. The number of hydrogen-bond donors (Lipinski definition) is 1. The third kappa shape index (κ3) is 4.34. The van der Waals surface area contributed by atoms with Crippen LogP contribution in [0.1, 0.15) is 31.9 Å². The predicted octanol–water partition coefficient (Wildman–Crippen LogP) is 7.79. The van der Waals surface area contributed by atoms with Crippen LogP contribution >= 0.6 is 12.6 Å². The molecule has 31 heavy (non-hydrogen) atoms. The molecule has 0 aromatic heterocycles. The Bertz CT molecular complexity index is 1060. The molecule has 4 rings (SSSR count). The summed E-state index contributed by atoms with van der Waals surface area (Å²) in [4.78, 5) is 0. The van der Waals surface area contributed by atoms with Gasteiger partial charge in [-0.05, 0) is 29.2 Å². The van der Waals surface area contributed by atoms with Crippen LogP contribution in [0.2, 0.25) is 0 Å². The average molecular weight is 423 g/mol. The fourth-order valence-electron chi connectivity index (χ4n) is 4.50. The summed E-state index contributed by atoms with van der Waals surface area (Å²) in [5.74, 6) is 0. The van der Waals surface area contributed by atoms with Crippen LogP contribution in [0, 0.1) is 5.41 Å². The zero-order chi connectivity index (χ0) is 22.0. The normalized spacial score (nSPS) is 22.5. The van der Waals surface area contributed by atoms with Gasteiger partial charge in [0.15, 0.2) is 0 Å². The molecule has 0 fully saturated rings. The first-order valence-electron chi connectivity index (χ1n) is 10.9. The maximum atomic E-state index is 4.96. The molecular formula is C30H30S. The van der Waals surface area contributed by atoms with Gasteiger partial charge in [-0.15, -0.1) is 0 Å². The van der Waals surface area contributed by atoms with Crippen molar-refractivity contribution in [3.8, 4) is 0 Å². The van der Waals surface area contributed by atoms with Crippen molar-refractivity contribution in [3.05, 3.63) is 144 Å². The molecule has 0 heterocycles. The van der Waals surface area contributed by atoms with Crippen molar-refractivity contribution in [2.24, 2.45) is 5.41 Å². The smallest absolute Gasteiger partial charge is 0.0699 e. The lowest BCUT2D eigenvalue weighted by Gasteiger charge is -2.39. The maximum Gasteiger partial charge on any atom is 0.0699 e. The Morgan fingerprint density at radius 3 is 1.87 bits per heavy atom. The molecule has 2 aromatic rings. The monoisotopic (exact) mass is 422 g/mol. The van der Waals surface area contributed by atoms with E-state index < -0.39 is 5.41 Å². The molecule has 0 aliphatic heterocycles. The van der Waals surface area contributed by atoms with Gasteiger partial charge >= 0.3 is 0 Å². The van der Waals surface area contributed by atoms with Gasteiger partial charge in [-0.2, -0.15) is 12.6 Å². The minimum Gasteiger partial charge on any atom is -0.164 e. The van der Waals surface area contributed by atoms with Gasteiger partial charge in [0.2, 0.25) is 0 Å². The van der Waals surface area contributed by atoms with Gasteiger partial charge in [0.25, 0.3) is 0 Å². The zero-order valence-electron chi connectivity index (χ0n) is 18.5. The molecule has 0 saturated carbocycles. The van der Waals surface area contributed by atoms with Crippen LogP contribution < -0.4 is 0 Å². The Labute approximate surface area is 192 Å². The second kappa shape index (κ2) is 8.40. The van der Waals surface area contributed by atoms with Gasteiger partial charge < -0.3 is 0 Å². The zero-order valence-corrected chi connectivity index (χ0v) is 19.4. The summed E-state index contributed by atoms with van der Waals surface area (Å²) in [6.07, 6.45) is 22.3. The fraction of sp³-hybridized carbons (Fsp3) is 0.200. The van der Waals surface area contributed by atoms with Crippen molar-refractivity contribution < 1.29 is 0 Å². The second-order valence-corrected chi connectivity index (χ2v) is 10.1. The summed E-state index contributed by atoms with van der Waals surface area (Å²) < 4.78 is -0.349. The molecule has 0 spiro atoms. The van der Waals surface area contributed by atoms with Crippen LogP contribution in [-0.2, 0) is 5.41 Å². The molecule has 156 valence electrons. The maximum absolute atomic E-state index is 4.96. The highest BCUT2D eigenvalue weighted by molar-refractivity contribution is 7.82. The summed E-state index contributed by atoms with van der Waals surface area (Å²) in [7, 11) is 0. The predicted molar refractivity (Wildman–Crippen MR) is 138 cm³/mol. The molecule has 2 aliphatic carbocycles. The standard InChI is InChI=1S/C30H30S/c1-28(2)20-12-18-26(19-22-28)30(24-13-6-4-7-14-24,25-15-8-5-9-16-25)27-17-10-11-21-29(3,31)23-27/h4-23,31H,1-3H3. The quantitative estimate of drug-likeness (QED) is 0.478. The fourth-order valence-corrected chi connectivity index (χ4v) is 4.72. The van der Waals surface area contributed by atoms with Crippen LogP contribution in [0.25, 0.3) is 0 Å². The topological polar surface area (TPSA) is 0 Å². The van der Waals surface area contributed by atoms with E-state index in [1.165, 1.54) is 22.3 Å². The van der Waals surface area contributed by atoms with Gasteiger partial charge in [0.05, 0.1) is 5.41 Å². The minimum absolute atomic E-state index is 0.00462. The van der Waals surface area contributed by atoms with E-state index in [-0.39, 0.29) is 10.2 Å². The lowest BCUT2D eigenvalue weighted by Crippen LogP contribution is -2.33. The molecule has 2 aliphatic rings. The van der Waals surface area contributed by atoms with Crippen molar-refractivity contribution in [1.82, 2.24) is 0 Å². The first kappa shape index (κ1) is 21.5. The molecule has 1 heteroatoms. The van der Waals surface area contributed by atoms with Crippen molar-refractivity contribution in [1.29, 1.82) is 0 Å². The molecular weight excluding hydrogens is 392 g/mol. The van der Waals surface area contributed by atoms with E-state index in [0.29, 0.717) is 0 Å². The van der Waals surface area contributed by atoms with Crippen molar-refractivity contribution in [3.63, 3.8) is 0 Å². The number of benzene rings is 2. The summed E-state index contributed by atoms with van der Waals surface area (Å²) in [6.45, 7) is 6.62. The van der Waals surface area contributed by atoms with Crippen LogP contribution in [-0.4, -0.2) is 4.75 Å². The molecule has 0 radical (unpaired) electrons. The van der Waals surface area contributed by atoms with E-state index in [9.17, 15) is 0 Å². The third-order valence-corrected chi connectivity index (χ3v) is 6.32. The molecule has 0 N–H and O–H groups in total. The van der Waals surface area contributed by atoms with E-state index in [0.717, 1.165) is 0 Å². The van der Waals surface area contributed by atoms with Gasteiger partial charge in [-0.3, -0.25) is 0 Å². The van der Waals surface area contributed by atoms with Gasteiger partial charge in [-0.1, -0.05) is 135 Å². The number of hydrogen-bond acceptors (Lipinski definition) is 1. The van der Waals surface area contributed by atoms with E-state index in [1.54, 1.807) is 0 Å². The lowest BCUT2D eigenvalue weighted by molar-refractivity contribution is 0.625. The molecule has 0 bridgehead atoms. The molecule has 0 nitrogen and oxygen atoms in total. The van der Waals surface area contributed by atoms with Gasteiger partial charge in [-0.25, -0.2) is 0 Å². The highest BCUT2D eigenvalue weighted by Crippen LogP contribution is 2.49. The summed E-state index contributed by atoms with van der Waals surface area (Å²) in [6, 6.07) is 21.7. The second-order valence-electron chi connectivity index (χ2n) is 9.16. The molecule has 1 unspecified atom stereocenters. The van der Waals surface area contributed by atoms with Crippen LogP contribution in [0.4, 0.5) is 0 Å². The molecule has 0 amide bonds. The van der Waals surface area contributed by atoms with E-state index >= 15 is 0 Å². The Kier molecular flexibility index (Phi) is 5.81. The van der Waals surface area contributed by atoms with Crippen molar-refractivity contribution >= 4 is 12.6 Å². The highest BCUT2D eigenvalue weighted by Gasteiger charge is 2.41. The third-order valence-electron chi connectivity index (χ3n) is 6.04. The van der Waals surface area contributed by atoms with Crippen LogP contribution in [0.3, 0.4) is 0 Å². The Balaban J connectivity index is 2.10. The number of allylic oxidation sites excluding steroid dienone is 10. The Morgan fingerprint density at radius 2 is 1.26 bits per heavy atom. The lowest BCUT2D eigenvalue weighted by atomic mass is 9.63. The number of thiol groups is 1. The minimum atomic E-state index is -0.462. The Morgan fingerprint density at radius 1 is 0.645 bits per heavy atom. The highest BCUT2D eigenvalue weighted by atomic mass is 32.1. The largest absolute Gasteiger partial charge is 0.164 e. The van der Waals surface area contributed by atoms with Gasteiger partial charge in [0, 0.05) is 10.2 Å². The summed E-state index contributed by atoms with van der Waals surface area (Å²) in [5, 5.41) is 0.